The third-order valence-electron chi connectivity index (χ3n) is 4.85. The van der Waals surface area contributed by atoms with E-state index in [4.69, 9.17) is 9.84 Å². The van der Waals surface area contributed by atoms with Gasteiger partial charge in [0.25, 0.3) is 5.91 Å². The number of likely N-dealkylation sites (tertiary alicyclic amines) is 1. The van der Waals surface area contributed by atoms with Gasteiger partial charge in [-0.3, -0.25) is 9.48 Å². The molecular formula is C19H22FN3O4. The number of hydrogen-bond acceptors (Lipinski definition) is 4. The normalized spacial score (nSPS) is 16.2. The number of piperidine rings is 1. The molecule has 2 heterocycles. The number of halogens is 1. The average Bonchev–Trinajstić information content (AvgIpc) is 3.03. The predicted molar refractivity (Wildman–Crippen MR) is 95.3 cm³/mol. The number of carbonyl (C=O) groups excluding carboxylic acids is 1. The first-order chi connectivity index (χ1) is 12.9. The third-order valence-corrected chi connectivity index (χ3v) is 4.85. The summed E-state index contributed by atoms with van der Waals surface area (Å²) in [6.45, 7) is 4.45. The number of amides is 1. The molecule has 7 nitrogen and oxygen atoms in total. The largest absolute Gasteiger partial charge is 0.481 e. The molecule has 1 aliphatic heterocycles. The van der Waals surface area contributed by atoms with E-state index in [0.29, 0.717) is 37.4 Å². The summed E-state index contributed by atoms with van der Waals surface area (Å²) in [6.07, 6.45) is 2.01. The van der Waals surface area contributed by atoms with E-state index in [0.717, 1.165) is 0 Å². The zero-order valence-corrected chi connectivity index (χ0v) is 15.3. The standard InChI is InChI=1S/C19H22FN3O4/c1-12-17(19(25)26)11-21-23(12)15-6-8-22(9-7-15)18(24)13(2)27-16-5-3-4-14(20)10-16/h3-5,10-11,13,15H,6-9H2,1-2H3,(H,25,26). The van der Waals surface area contributed by atoms with Gasteiger partial charge >= 0.3 is 5.97 Å². The van der Waals surface area contributed by atoms with Crippen LogP contribution in [0.5, 0.6) is 5.75 Å². The number of ether oxygens (including phenoxy) is 1. The summed E-state index contributed by atoms with van der Waals surface area (Å²) < 4.78 is 20.5. The van der Waals surface area contributed by atoms with Crippen LogP contribution < -0.4 is 4.74 Å². The molecule has 0 aliphatic carbocycles. The van der Waals surface area contributed by atoms with Gasteiger partial charge in [-0.1, -0.05) is 6.07 Å². The fourth-order valence-corrected chi connectivity index (χ4v) is 3.38. The van der Waals surface area contributed by atoms with Crippen molar-refractivity contribution in [2.75, 3.05) is 13.1 Å². The second kappa shape index (κ2) is 7.77. The van der Waals surface area contributed by atoms with Crippen LogP contribution in [0.2, 0.25) is 0 Å². The summed E-state index contributed by atoms with van der Waals surface area (Å²) >= 11 is 0. The average molecular weight is 375 g/mol. The van der Waals surface area contributed by atoms with E-state index < -0.39 is 17.9 Å². The molecule has 27 heavy (non-hydrogen) atoms. The van der Waals surface area contributed by atoms with Gasteiger partial charge in [-0.05, 0) is 38.8 Å². The lowest BCUT2D eigenvalue weighted by Gasteiger charge is -2.34. The van der Waals surface area contributed by atoms with Crippen LogP contribution >= 0.6 is 0 Å². The van der Waals surface area contributed by atoms with Crippen molar-refractivity contribution in [1.29, 1.82) is 0 Å². The van der Waals surface area contributed by atoms with E-state index in [9.17, 15) is 14.0 Å². The fraction of sp³-hybridized carbons (Fsp3) is 0.421. The van der Waals surface area contributed by atoms with Gasteiger partial charge in [0.15, 0.2) is 6.10 Å². The summed E-state index contributed by atoms with van der Waals surface area (Å²) in [5.74, 6) is -1.24. The van der Waals surface area contributed by atoms with Crippen molar-refractivity contribution in [2.24, 2.45) is 0 Å². The molecular weight excluding hydrogens is 353 g/mol. The number of carboxylic acid groups (broad SMARTS) is 1. The first-order valence-electron chi connectivity index (χ1n) is 8.85. The van der Waals surface area contributed by atoms with Gasteiger partial charge in [0.2, 0.25) is 0 Å². The minimum absolute atomic E-state index is 0.0570. The zero-order valence-electron chi connectivity index (χ0n) is 15.3. The first kappa shape index (κ1) is 18.9. The number of aromatic nitrogens is 2. The summed E-state index contributed by atoms with van der Waals surface area (Å²) in [6, 6.07) is 5.76. The Bertz CT molecular complexity index is 843. The van der Waals surface area contributed by atoms with Gasteiger partial charge in [0.1, 0.15) is 17.1 Å². The van der Waals surface area contributed by atoms with Crippen LogP contribution in [-0.2, 0) is 4.79 Å². The van der Waals surface area contributed by atoms with Gasteiger partial charge in [-0.15, -0.1) is 0 Å². The van der Waals surface area contributed by atoms with E-state index in [-0.39, 0.29) is 17.5 Å². The Hall–Kier alpha value is -2.90. The van der Waals surface area contributed by atoms with Crippen LogP contribution in [0.3, 0.4) is 0 Å². The molecule has 1 unspecified atom stereocenters. The Labute approximate surface area is 156 Å². The second-order valence-electron chi connectivity index (χ2n) is 6.67. The number of carboxylic acids is 1. The van der Waals surface area contributed by atoms with Crippen molar-refractivity contribution in [2.45, 2.75) is 38.8 Å². The van der Waals surface area contributed by atoms with E-state index in [1.807, 2.05) is 0 Å². The molecule has 8 heteroatoms. The molecule has 0 radical (unpaired) electrons. The number of rotatable bonds is 5. The lowest BCUT2D eigenvalue weighted by atomic mass is 10.0. The highest BCUT2D eigenvalue weighted by Crippen LogP contribution is 2.25. The summed E-state index contributed by atoms with van der Waals surface area (Å²) in [7, 11) is 0. The Morgan fingerprint density at radius 2 is 2.04 bits per heavy atom. The molecule has 1 saturated heterocycles. The van der Waals surface area contributed by atoms with Gasteiger partial charge in [-0.2, -0.15) is 5.10 Å². The number of nitrogens with zero attached hydrogens (tertiary/aromatic N) is 3. The van der Waals surface area contributed by atoms with Crippen molar-refractivity contribution in [1.82, 2.24) is 14.7 Å². The molecule has 1 aromatic heterocycles. The van der Waals surface area contributed by atoms with Crippen LogP contribution in [0, 0.1) is 12.7 Å². The Kier molecular flexibility index (Phi) is 5.43. The van der Waals surface area contributed by atoms with Crippen molar-refractivity contribution in [3.05, 3.63) is 47.5 Å². The van der Waals surface area contributed by atoms with Crippen LogP contribution in [-0.4, -0.2) is 50.9 Å². The molecule has 0 saturated carbocycles. The van der Waals surface area contributed by atoms with E-state index in [1.165, 1.54) is 24.4 Å². The van der Waals surface area contributed by atoms with Gasteiger partial charge in [0.05, 0.1) is 17.9 Å². The van der Waals surface area contributed by atoms with E-state index in [2.05, 4.69) is 5.10 Å². The molecule has 1 fully saturated rings. The maximum Gasteiger partial charge on any atom is 0.339 e. The van der Waals surface area contributed by atoms with Crippen LogP contribution in [0.15, 0.2) is 30.5 Å². The van der Waals surface area contributed by atoms with E-state index >= 15 is 0 Å². The molecule has 0 bridgehead atoms. The van der Waals surface area contributed by atoms with Gasteiger partial charge in [-0.25, -0.2) is 9.18 Å². The van der Waals surface area contributed by atoms with Crippen LogP contribution in [0.1, 0.15) is 41.9 Å². The van der Waals surface area contributed by atoms with E-state index in [1.54, 1.807) is 29.5 Å². The highest BCUT2D eigenvalue weighted by Gasteiger charge is 2.29. The molecule has 1 amide bonds. The minimum Gasteiger partial charge on any atom is -0.481 e. The summed E-state index contributed by atoms with van der Waals surface area (Å²) in [5.41, 5.74) is 0.820. The molecule has 1 aromatic carbocycles. The molecule has 0 spiro atoms. The highest BCUT2D eigenvalue weighted by molar-refractivity contribution is 5.88. The topological polar surface area (TPSA) is 84.7 Å². The van der Waals surface area contributed by atoms with Crippen molar-refractivity contribution in [3.8, 4) is 5.75 Å². The molecule has 1 N–H and O–H groups in total. The Balaban J connectivity index is 1.58. The van der Waals surface area contributed by atoms with Crippen molar-refractivity contribution in [3.63, 3.8) is 0 Å². The van der Waals surface area contributed by atoms with Gasteiger partial charge < -0.3 is 14.7 Å². The monoisotopic (exact) mass is 375 g/mol. The second-order valence-corrected chi connectivity index (χ2v) is 6.67. The zero-order chi connectivity index (χ0) is 19.6. The number of benzene rings is 1. The summed E-state index contributed by atoms with van der Waals surface area (Å²) in [4.78, 5) is 25.5. The molecule has 1 atom stereocenters. The maximum atomic E-state index is 13.2. The predicted octanol–water partition coefficient (Wildman–Crippen LogP) is 2.66. The Morgan fingerprint density at radius 3 is 2.63 bits per heavy atom. The Morgan fingerprint density at radius 1 is 1.33 bits per heavy atom. The fourth-order valence-electron chi connectivity index (χ4n) is 3.38. The molecule has 3 rings (SSSR count). The van der Waals surface area contributed by atoms with Gasteiger partial charge in [0, 0.05) is 19.2 Å². The molecule has 144 valence electrons. The summed E-state index contributed by atoms with van der Waals surface area (Å²) in [5, 5.41) is 13.3. The van der Waals surface area contributed by atoms with Crippen molar-refractivity contribution < 1.29 is 23.8 Å². The quantitative estimate of drug-likeness (QED) is 0.869. The van der Waals surface area contributed by atoms with Crippen LogP contribution in [0.25, 0.3) is 0 Å². The van der Waals surface area contributed by atoms with Crippen molar-refractivity contribution >= 4 is 11.9 Å². The SMILES string of the molecule is Cc1c(C(=O)O)cnn1C1CCN(C(=O)C(C)Oc2cccc(F)c2)CC1. The molecule has 2 aromatic rings. The lowest BCUT2D eigenvalue weighted by Crippen LogP contribution is -2.45. The van der Waals surface area contributed by atoms with Crippen LogP contribution in [0.4, 0.5) is 4.39 Å². The number of aromatic carboxylic acids is 1. The maximum absolute atomic E-state index is 13.2. The lowest BCUT2D eigenvalue weighted by molar-refractivity contribution is -0.139. The molecule has 1 aliphatic rings. The number of carbonyl (C=O) groups is 2. The minimum atomic E-state index is -0.991. The number of hydrogen-bond donors (Lipinski definition) is 1. The smallest absolute Gasteiger partial charge is 0.339 e. The highest BCUT2D eigenvalue weighted by atomic mass is 19.1. The first-order valence-corrected chi connectivity index (χ1v) is 8.85. The third kappa shape index (κ3) is 4.10.